The van der Waals surface area contributed by atoms with Gasteiger partial charge in [-0.2, -0.15) is 0 Å². The van der Waals surface area contributed by atoms with Crippen LogP contribution in [0.3, 0.4) is 0 Å². The van der Waals surface area contributed by atoms with Gasteiger partial charge in [-0.25, -0.2) is 9.59 Å². The second-order valence-electron chi connectivity index (χ2n) is 5.96. The molecule has 0 aromatic heterocycles. The summed E-state index contributed by atoms with van der Waals surface area (Å²) in [6.45, 7) is 10.4. The molecule has 0 amide bonds. The van der Waals surface area contributed by atoms with Gasteiger partial charge in [0.1, 0.15) is 12.4 Å². The fourth-order valence-electron chi connectivity index (χ4n) is 1.76. The van der Waals surface area contributed by atoms with E-state index in [0.29, 0.717) is 18.1 Å². The van der Waals surface area contributed by atoms with Crippen molar-refractivity contribution in [2.45, 2.75) is 40.0 Å². The molecule has 0 bridgehead atoms. The maximum absolute atomic E-state index is 11.6. The lowest BCUT2D eigenvalue weighted by Gasteiger charge is -2.20. The van der Waals surface area contributed by atoms with Crippen LogP contribution in [0.2, 0.25) is 0 Å². The minimum Gasteiger partial charge on any atom is -0.458 e. The highest BCUT2D eigenvalue weighted by atomic mass is 32.2. The highest BCUT2D eigenvalue weighted by Crippen LogP contribution is 2.27. The molecule has 23 heavy (non-hydrogen) atoms. The van der Waals surface area contributed by atoms with Crippen LogP contribution >= 0.6 is 11.8 Å². The highest BCUT2D eigenvalue weighted by molar-refractivity contribution is 8.13. The van der Waals surface area contributed by atoms with Gasteiger partial charge in [-0.05, 0) is 48.2 Å². The summed E-state index contributed by atoms with van der Waals surface area (Å²) in [5, 5.41) is -0.377. The Bertz CT molecular complexity index is 548. The molecule has 128 valence electrons. The average Bonchev–Trinajstić information content (AvgIpc) is 2.45. The molecule has 1 rings (SSSR count). The Balaban J connectivity index is 2.44. The van der Waals surface area contributed by atoms with Crippen LogP contribution in [0.5, 0.6) is 5.75 Å². The molecule has 0 aliphatic carbocycles. The number of hydrogen-bond acceptors (Lipinski definition) is 6. The molecule has 0 N–H and O–H groups in total. The molecule has 0 spiro atoms. The van der Waals surface area contributed by atoms with Crippen LogP contribution in [-0.4, -0.2) is 30.4 Å². The molecule has 0 unspecified atom stereocenters. The van der Waals surface area contributed by atoms with E-state index in [0.717, 1.165) is 17.3 Å². The van der Waals surface area contributed by atoms with Gasteiger partial charge >= 0.3 is 11.5 Å². The van der Waals surface area contributed by atoms with E-state index in [1.54, 1.807) is 13.0 Å². The van der Waals surface area contributed by atoms with E-state index >= 15 is 0 Å². The second-order valence-corrected chi connectivity index (χ2v) is 6.99. The third kappa shape index (κ3) is 6.95. The van der Waals surface area contributed by atoms with Crippen LogP contribution in [0, 0.1) is 6.92 Å². The Labute approximate surface area is 141 Å². The molecule has 0 aliphatic heterocycles. The summed E-state index contributed by atoms with van der Waals surface area (Å²) >= 11 is 0.963. The van der Waals surface area contributed by atoms with Crippen molar-refractivity contribution >= 4 is 23.2 Å². The number of benzene rings is 1. The predicted octanol–water partition coefficient (Wildman–Crippen LogP) is 4.70. The summed E-state index contributed by atoms with van der Waals surface area (Å²) in [5.41, 5.74) is 2.07. The molecule has 0 aliphatic rings. The van der Waals surface area contributed by atoms with Gasteiger partial charge < -0.3 is 14.2 Å². The molecule has 1 aromatic rings. The van der Waals surface area contributed by atoms with Crippen molar-refractivity contribution in [1.29, 1.82) is 0 Å². The first-order chi connectivity index (χ1) is 10.7. The fraction of sp³-hybridized carbons (Fsp3) is 0.529. The van der Waals surface area contributed by atoms with Gasteiger partial charge in [0, 0.05) is 5.75 Å². The first-order valence-electron chi connectivity index (χ1n) is 7.49. The van der Waals surface area contributed by atoms with Crippen LogP contribution < -0.4 is 4.74 Å². The molecule has 1 aromatic carbocycles. The van der Waals surface area contributed by atoms with Crippen molar-refractivity contribution in [3.05, 3.63) is 29.3 Å². The molecule has 6 heteroatoms. The molecule has 0 saturated carbocycles. The molecule has 0 fully saturated rings. The normalized spacial score (nSPS) is 11.0. The van der Waals surface area contributed by atoms with Crippen LogP contribution in [0.1, 0.15) is 38.8 Å². The van der Waals surface area contributed by atoms with Gasteiger partial charge in [0.2, 0.25) is 0 Å². The summed E-state index contributed by atoms with van der Waals surface area (Å²) in [5.74, 6) is 0.802. The summed E-state index contributed by atoms with van der Waals surface area (Å²) in [7, 11) is 0. The van der Waals surface area contributed by atoms with E-state index < -0.39 is 6.16 Å². The lowest BCUT2D eigenvalue weighted by atomic mass is 9.86. The number of carbonyl (C=O) groups is 2. The molecular weight excluding hydrogens is 316 g/mol. The lowest BCUT2D eigenvalue weighted by Crippen LogP contribution is -2.15. The maximum Gasteiger partial charge on any atom is 0.513 e. The van der Waals surface area contributed by atoms with E-state index in [1.165, 1.54) is 5.56 Å². The molecule has 0 atom stereocenters. The van der Waals surface area contributed by atoms with Crippen molar-refractivity contribution in [1.82, 2.24) is 0 Å². The number of carbonyl (C=O) groups excluding carboxylic acids is 2. The van der Waals surface area contributed by atoms with Crippen molar-refractivity contribution in [3.8, 4) is 5.75 Å². The van der Waals surface area contributed by atoms with E-state index in [4.69, 9.17) is 14.2 Å². The number of aryl methyl sites for hydroxylation is 1. The number of rotatable bonds is 5. The van der Waals surface area contributed by atoms with Crippen LogP contribution in [0.25, 0.3) is 0 Å². The lowest BCUT2D eigenvalue weighted by molar-refractivity contribution is 0.105. The largest absolute Gasteiger partial charge is 0.513 e. The van der Waals surface area contributed by atoms with E-state index in [2.05, 4.69) is 20.8 Å². The standard InChI is InChI=1S/C17H24O5S/c1-6-20-16(19)23-10-9-21-15(18)22-14-8-7-13(11-12(14)2)17(3,4)5/h7-8,11H,6,9-10H2,1-5H3. The Morgan fingerprint density at radius 2 is 1.87 bits per heavy atom. The zero-order valence-corrected chi connectivity index (χ0v) is 15.1. The Kier molecular flexibility index (Phi) is 7.42. The minimum atomic E-state index is -0.777. The fourth-order valence-corrected chi connectivity index (χ4v) is 2.29. The average molecular weight is 340 g/mol. The molecule has 0 radical (unpaired) electrons. The SMILES string of the molecule is CCOC(=O)SCCOC(=O)Oc1ccc(C(C)(C)C)cc1C. The van der Waals surface area contributed by atoms with Gasteiger partial charge in [0.25, 0.3) is 0 Å². The summed E-state index contributed by atoms with van der Waals surface area (Å²) in [6, 6.07) is 5.70. The van der Waals surface area contributed by atoms with E-state index in [-0.39, 0.29) is 17.3 Å². The minimum absolute atomic E-state index is 0.0358. The first kappa shape index (κ1) is 19.4. The smallest absolute Gasteiger partial charge is 0.458 e. The zero-order valence-electron chi connectivity index (χ0n) is 14.3. The Morgan fingerprint density at radius 1 is 1.17 bits per heavy atom. The molecule has 0 heterocycles. The predicted molar refractivity (Wildman–Crippen MR) is 91.3 cm³/mol. The van der Waals surface area contributed by atoms with Crippen molar-refractivity contribution < 1.29 is 23.8 Å². The van der Waals surface area contributed by atoms with Crippen LogP contribution in [0.15, 0.2) is 18.2 Å². The third-order valence-corrected chi connectivity index (χ3v) is 3.74. The number of hydrogen-bond donors (Lipinski definition) is 0. The van der Waals surface area contributed by atoms with Crippen LogP contribution in [0.4, 0.5) is 9.59 Å². The summed E-state index contributed by atoms with van der Waals surface area (Å²) in [6.07, 6.45) is -0.777. The van der Waals surface area contributed by atoms with Crippen molar-refractivity contribution in [2.75, 3.05) is 19.0 Å². The van der Waals surface area contributed by atoms with Gasteiger partial charge in [-0.15, -0.1) is 0 Å². The summed E-state index contributed by atoms with van der Waals surface area (Å²) < 4.78 is 14.9. The topological polar surface area (TPSA) is 61.8 Å². The van der Waals surface area contributed by atoms with Crippen molar-refractivity contribution in [2.24, 2.45) is 0 Å². The zero-order chi connectivity index (χ0) is 17.5. The monoisotopic (exact) mass is 340 g/mol. The van der Waals surface area contributed by atoms with Gasteiger partial charge in [-0.1, -0.05) is 32.9 Å². The number of ether oxygens (including phenoxy) is 3. The maximum atomic E-state index is 11.6. The molecule has 0 saturated heterocycles. The summed E-state index contributed by atoms with van der Waals surface area (Å²) in [4.78, 5) is 22.8. The molecular formula is C17H24O5S. The number of thioether (sulfide) groups is 1. The quantitative estimate of drug-likeness (QED) is 0.440. The van der Waals surface area contributed by atoms with Gasteiger partial charge in [0.15, 0.2) is 0 Å². The molecule has 5 nitrogen and oxygen atoms in total. The Morgan fingerprint density at radius 3 is 2.43 bits per heavy atom. The first-order valence-corrected chi connectivity index (χ1v) is 8.48. The van der Waals surface area contributed by atoms with Crippen molar-refractivity contribution in [3.63, 3.8) is 0 Å². The van der Waals surface area contributed by atoms with Gasteiger partial charge in [-0.3, -0.25) is 0 Å². The third-order valence-electron chi connectivity index (χ3n) is 3.02. The second kappa shape index (κ2) is 8.82. The van der Waals surface area contributed by atoms with E-state index in [9.17, 15) is 9.59 Å². The van der Waals surface area contributed by atoms with Gasteiger partial charge in [0.05, 0.1) is 6.61 Å². The van der Waals surface area contributed by atoms with E-state index in [1.807, 2.05) is 19.1 Å². The Hall–Kier alpha value is -1.69. The van der Waals surface area contributed by atoms with Crippen LogP contribution in [-0.2, 0) is 14.9 Å². The highest BCUT2D eigenvalue weighted by Gasteiger charge is 2.16.